The Morgan fingerprint density at radius 3 is 1.61 bits per heavy atom. The zero-order valence-corrected chi connectivity index (χ0v) is 33.8. The van der Waals surface area contributed by atoms with E-state index in [-0.39, 0.29) is 5.41 Å². The lowest BCUT2D eigenvalue weighted by Crippen LogP contribution is -2.15. The van der Waals surface area contributed by atoms with E-state index in [0.29, 0.717) is 17.5 Å². The zero-order valence-electron chi connectivity index (χ0n) is 33.8. The molecule has 0 radical (unpaired) electrons. The summed E-state index contributed by atoms with van der Waals surface area (Å²) in [6.07, 6.45) is 0. The molecule has 1 aliphatic rings. The molecule has 0 unspecified atom stereocenters. The molecular weight excluding hydrogens is 743 g/mol. The van der Waals surface area contributed by atoms with E-state index in [1.165, 1.54) is 60.7 Å². The number of para-hydroxylation sites is 1. The van der Waals surface area contributed by atoms with E-state index >= 15 is 0 Å². The van der Waals surface area contributed by atoms with Crippen molar-refractivity contribution in [2.24, 2.45) is 0 Å². The molecular formula is C56H39N5. The average Bonchev–Trinajstić information content (AvgIpc) is 3.94. The summed E-state index contributed by atoms with van der Waals surface area (Å²) in [4.78, 5) is 15.2. The molecule has 0 atom stereocenters. The maximum absolute atomic E-state index is 5.13. The van der Waals surface area contributed by atoms with Gasteiger partial charge >= 0.3 is 0 Å². The van der Waals surface area contributed by atoms with Gasteiger partial charge in [-0.25, -0.2) is 15.0 Å². The van der Waals surface area contributed by atoms with Crippen molar-refractivity contribution in [2.75, 3.05) is 0 Å². The number of rotatable bonds is 6. The fourth-order valence-corrected chi connectivity index (χ4v) is 9.76. The van der Waals surface area contributed by atoms with Gasteiger partial charge in [-0.2, -0.15) is 0 Å². The molecule has 61 heavy (non-hydrogen) atoms. The largest absolute Gasteiger partial charge is 0.309 e. The minimum Gasteiger partial charge on any atom is -0.309 e. The molecule has 5 nitrogen and oxygen atoms in total. The highest BCUT2D eigenvalue weighted by atomic mass is 15.0. The van der Waals surface area contributed by atoms with Crippen molar-refractivity contribution in [3.63, 3.8) is 0 Å². The second-order valence-electron chi connectivity index (χ2n) is 16.4. The number of hydrogen-bond acceptors (Lipinski definition) is 3. The third-order valence-electron chi connectivity index (χ3n) is 12.5. The van der Waals surface area contributed by atoms with Crippen LogP contribution < -0.4 is 0 Å². The van der Waals surface area contributed by atoms with Crippen molar-refractivity contribution in [3.05, 3.63) is 211 Å². The summed E-state index contributed by atoms with van der Waals surface area (Å²) in [5, 5.41) is 3.68. The van der Waals surface area contributed by atoms with Crippen molar-refractivity contribution in [1.29, 1.82) is 0 Å². The first-order chi connectivity index (χ1) is 30.0. The standard InChI is InChI=1S/C56H39N5/c1-56(2)46-29-16-15-28-44(46)52-50(56)49-48(60(52)41-25-13-6-14-26-41)33-31-43-45-35-39(36-18-7-3-8-19-36)30-32-47(45)61(51(43)49)42-27-17-24-40(34-42)55-58-53(37-20-9-4-10-21-37)57-54(59-55)38-22-11-5-12-23-38/h3-35H,1-2H3. The highest BCUT2D eigenvalue weighted by Gasteiger charge is 2.41. The third-order valence-corrected chi connectivity index (χ3v) is 12.5. The summed E-state index contributed by atoms with van der Waals surface area (Å²) in [6, 6.07) is 71.1. The number of benzene rings is 8. The first-order valence-electron chi connectivity index (χ1n) is 20.9. The summed E-state index contributed by atoms with van der Waals surface area (Å²) >= 11 is 0. The predicted molar refractivity (Wildman–Crippen MR) is 250 cm³/mol. The van der Waals surface area contributed by atoms with Gasteiger partial charge < -0.3 is 9.13 Å². The molecule has 1 aliphatic carbocycles. The highest BCUT2D eigenvalue weighted by molar-refractivity contribution is 6.22. The molecule has 0 bridgehead atoms. The van der Waals surface area contributed by atoms with Gasteiger partial charge in [0, 0.05) is 55.2 Å². The van der Waals surface area contributed by atoms with E-state index in [2.05, 4.69) is 187 Å². The Hall–Kier alpha value is -7.89. The Morgan fingerprint density at radius 2 is 0.934 bits per heavy atom. The Balaban J connectivity index is 1.18. The fourth-order valence-electron chi connectivity index (χ4n) is 9.76. The lowest BCUT2D eigenvalue weighted by molar-refractivity contribution is 0.666. The normalized spacial score (nSPS) is 12.9. The van der Waals surface area contributed by atoms with Crippen LogP contribution in [0.15, 0.2) is 200 Å². The second kappa shape index (κ2) is 13.6. The van der Waals surface area contributed by atoms with Gasteiger partial charge in [-0.1, -0.05) is 172 Å². The van der Waals surface area contributed by atoms with Crippen LogP contribution in [0.4, 0.5) is 0 Å². The maximum Gasteiger partial charge on any atom is 0.164 e. The lowest BCUT2D eigenvalue weighted by Gasteiger charge is -2.22. The van der Waals surface area contributed by atoms with Crippen LogP contribution in [0, 0.1) is 0 Å². The number of fused-ring (bicyclic) bond motifs is 9. The number of aromatic nitrogens is 5. The monoisotopic (exact) mass is 781 g/mol. The zero-order chi connectivity index (χ0) is 40.7. The molecule has 3 heterocycles. The van der Waals surface area contributed by atoms with Crippen molar-refractivity contribution >= 4 is 32.7 Å². The van der Waals surface area contributed by atoms with Crippen LogP contribution >= 0.6 is 0 Å². The van der Waals surface area contributed by atoms with Crippen LogP contribution in [0.2, 0.25) is 0 Å². The minimum atomic E-state index is -0.261. The Kier molecular flexibility index (Phi) is 7.81. The first kappa shape index (κ1) is 35.1. The van der Waals surface area contributed by atoms with E-state index < -0.39 is 0 Å². The van der Waals surface area contributed by atoms with Crippen LogP contribution in [0.3, 0.4) is 0 Å². The van der Waals surface area contributed by atoms with Crippen LogP contribution in [-0.4, -0.2) is 24.1 Å². The van der Waals surface area contributed by atoms with Gasteiger partial charge in [-0.15, -0.1) is 0 Å². The van der Waals surface area contributed by atoms with Gasteiger partial charge in [0.05, 0.1) is 22.2 Å². The molecule has 0 aliphatic heterocycles. The van der Waals surface area contributed by atoms with E-state index in [1.54, 1.807) is 0 Å². The quantitative estimate of drug-likeness (QED) is 0.169. The van der Waals surface area contributed by atoms with Crippen LogP contribution in [0.1, 0.15) is 25.0 Å². The van der Waals surface area contributed by atoms with E-state index in [9.17, 15) is 0 Å². The average molecular weight is 782 g/mol. The molecule has 12 rings (SSSR count). The lowest BCUT2D eigenvalue weighted by atomic mass is 9.81. The van der Waals surface area contributed by atoms with Gasteiger partial charge in [-0.3, -0.25) is 0 Å². The molecule has 0 saturated heterocycles. The molecule has 8 aromatic carbocycles. The summed E-state index contributed by atoms with van der Waals surface area (Å²) in [7, 11) is 0. The Morgan fingerprint density at radius 1 is 0.393 bits per heavy atom. The smallest absolute Gasteiger partial charge is 0.164 e. The van der Waals surface area contributed by atoms with Crippen molar-refractivity contribution in [2.45, 2.75) is 19.3 Å². The van der Waals surface area contributed by atoms with E-state index in [1.807, 2.05) is 36.4 Å². The predicted octanol–water partition coefficient (Wildman–Crippen LogP) is 13.9. The molecule has 288 valence electrons. The molecule has 0 fully saturated rings. The summed E-state index contributed by atoms with van der Waals surface area (Å²) < 4.78 is 4.98. The van der Waals surface area contributed by atoms with Crippen LogP contribution in [0.25, 0.3) is 101 Å². The van der Waals surface area contributed by atoms with Crippen molar-refractivity contribution in [1.82, 2.24) is 24.1 Å². The van der Waals surface area contributed by atoms with Crippen LogP contribution in [-0.2, 0) is 5.41 Å². The molecule has 3 aromatic heterocycles. The Bertz CT molecular complexity index is 3420. The fraction of sp³-hybridized carbons (Fsp3) is 0.0536. The molecule has 5 heteroatoms. The van der Waals surface area contributed by atoms with Gasteiger partial charge in [0.15, 0.2) is 17.5 Å². The molecule has 0 spiro atoms. The van der Waals surface area contributed by atoms with E-state index in [4.69, 9.17) is 15.0 Å². The highest BCUT2D eigenvalue weighted by Crippen LogP contribution is 2.55. The Labute approximate surface area is 353 Å². The summed E-state index contributed by atoms with van der Waals surface area (Å²) in [5.74, 6) is 1.91. The van der Waals surface area contributed by atoms with Crippen molar-refractivity contribution < 1.29 is 0 Å². The number of hydrogen-bond donors (Lipinski definition) is 0. The first-order valence-corrected chi connectivity index (χ1v) is 20.9. The summed E-state index contributed by atoms with van der Waals surface area (Å²) in [5.41, 5.74) is 15.9. The van der Waals surface area contributed by atoms with Gasteiger partial charge in [0.25, 0.3) is 0 Å². The molecule has 11 aromatic rings. The minimum absolute atomic E-state index is 0.261. The topological polar surface area (TPSA) is 48.5 Å². The van der Waals surface area contributed by atoms with E-state index in [0.717, 1.165) is 33.6 Å². The SMILES string of the molecule is CC1(C)c2ccccc2-c2c1c1c(ccc3c4cc(-c5ccccc5)ccc4n(-c4cccc(-c5nc(-c6ccccc6)nc(-c6ccccc6)n5)c4)c31)n2-c1ccccc1. The number of nitrogens with zero attached hydrogens (tertiary/aromatic N) is 5. The molecule has 0 saturated carbocycles. The summed E-state index contributed by atoms with van der Waals surface area (Å²) in [6.45, 7) is 4.78. The van der Waals surface area contributed by atoms with Crippen molar-refractivity contribution in [3.8, 4) is 67.9 Å². The van der Waals surface area contributed by atoms with Gasteiger partial charge in [0.1, 0.15) is 0 Å². The van der Waals surface area contributed by atoms with Crippen LogP contribution in [0.5, 0.6) is 0 Å². The second-order valence-corrected chi connectivity index (χ2v) is 16.4. The van der Waals surface area contributed by atoms with Gasteiger partial charge in [-0.05, 0) is 64.7 Å². The van der Waals surface area contributed by atoms with Gasteiger partial charge in [0.2, 0.25) is 0 Å². The maximum atomic E-state index is 5.13. The third kappa shape index (κ3) is 5.44. The molecule has 0 N–H and O–H groups in total. The molecule has 0 amide bonds.